The molecule has 1 aliphatic rings. The van der Waals surface area contributed by atoms with Crippen LogP contribution in [0.5, 0.6) is 11.8 Å². The molecule has 1 saturated carbocycles. The van der Waals surface area contributed by atoms with Gasteiger partial charge in [0.2, 0.25) is 11.8 Å². The normalized spacial score (nSPS) is 18.4. The summed E-state index contributed by atoms with van der Waals surface area (Å²) >= 11 is 0. The van der Waals surface area contributed by atoms with Gasteiger partial charge in [0, 0.05) is 18.3 Å². The lowest BCUT2D eigenvalue weighted by atomic mass is 9.93. The van der Waals surface area contributed by atoms with Gasteiger partial charge in [-0.15, -0.1) is 5.10 Å². The van der Waals surface area contributed by atoms with Crippen molar-refractivity contribution in [3.8, 4) is 11.8 Å². The van der Waals surface area contributed by atoms with E-state index in [0.29, 0.717) is 31.3 Å². The maximum Gasteiger partial charge on any atom is 0.422 e. The molecule has 3 aromatic heterocycles. The molecule has 0 bridgehead atoms. The third kappa shape index (κ3) is 5.71. The fraction of sp³-hybridized carbons (Fsp3) is 0.381. The standard InChI is InChI=1S/C21H21F3N6O4/c22-21(23,24)11-33-17-8-7-16-28-15(10-30(16)29-17)19(32)27-12-3-5-13(6-4-12)34-20-14(18(25)31)2-1-9-26-20/h1-2,7-10,12-13H,3-6,11H2,(H2,25,31)(H,27,32). The number of hydrogen-bond donors (Lipinski definition) is 2. The molecule has 0 saturated heterocycles. The van der Waals surface area contributed by atoms with Gasteiger partial charge < -0.3 is 20.5 Å². The minimum absolute atomic E-state index is 0.0819. The Labute approximate surface area is 191 Å². The fourth-order valence-corrected chi connectivity index (χ4v) is 3.62. The first-order valence-electron chi connectivity index (χ1n) is 10.5. The molecule has 3 N–H and O–H groups in total. The Balaban J connectivity index is 1.32. The minimum Gasteiger partial charge on any atom is -0.474 e. The van der Waals surface area contributed by atoms with Crippen LogP contribution in [0.3, 0.4) is 0 Å². The Bertz CT molecular complexity index is 1190. The van der Waals surface area contributed by atoms with Crippen molar-refractivity contribution in [3.63, 3.8) is 0 Å². The van der Waals surface area contributed by atoms with Crippen LogP contribution in [-0.4, -0.2) is 56.3 Å². The summed E-state index contributed by atoms with van der Waals surface area (Å²) in [7, 11) is 0. The largest absolute Gasteiger partial charge is 0.474 e. The van der Waals surface area contributed by atoms with Crippen LogP contribution < -0.4 is 20.5 Å². The maximum absolute atomic E-state index is 12.6. The first-order chi connectivity index (χ1) is 16.2. The van der Waals surface area contributed by atoms with E-state index in [1.54, 1.807) is 12.1 Å². The van der Waals surface area contributed by atoms with Gasteiger partial charge in [-0.3, -0.25) is 9.59 Å². The highest BCUT2D eigenvalue weighted by Gasteiger charge is 2.29. The van der Waals surface area contributed by atoms with Crippen LogP contribution in [0.25, 0.3) is 5.65 Å². The monoisotopic (exact) mass is 478 g/mol. The molecule has 0 aromatic carbocycles. The zero-order valence-corrected chi connectivity index (χ0v) is 17.8. The van der Waals surface area contributed by atoms with E-state index in [0.717, 1.165) is 0 Å². The number of nitrogens with two attached hydrogens (primary N) is 1. The summed E-state index contributed by atoms with van der Waals surface area (Å²) in [4.78, 5) is 32.4. The molecule has 2 amide bonds. The van der Waals surface area contributed by atoms with E-state index in [1.165, 1.54) is 29.0 Å². The second-order valence-electron chi connectivity index (χ2n) is 7.79. The number of pyridine rings is 1. The zero-order valence-electron chi connectivity index (χ0n) is 17.8. The van der Waals surface area contributed by atoms with E-state index in [4.69, 9.17) is 10.5 Å². The van der Waals surface area contributed by atoms with Crippen molar-refractivity contribution in [1.82, 2.24) is 24.9 Å². The van der Waals surface area contributed by atoms with Gasteiger partial charge in [-0.2, -0.15) is 13.2 Å². The highest BCUT2D eigenvalue weighted by atomic mass is 19.4. The molecule has 0 aliphatic heterocycles. The van der Waals surface area contributed by atoms with Crippen molar-refractivity contribution in [2.45, 2.75) is 44.0 Å². The number of aromatic nitrogens is 4. The molecule has 3 heterocycles. The van der Waals surface area contributed by atoms with Crippen molar-refractivity contribution >= 4 is 17.5 Å². The minimum atomic E-state index is -4.48. The van der Waals surface area contributed by atoms with Crippen LogP contribution >= 0.6 is 0 Å². The van der Waals surface area contributed by atoms with Crippen LogP contribution in [0.1, 0.15) is 46.5 Å². The summed E-state index contributed by atoms with van der Waals surface area (Å²) in [6.45, 7) is -1.47. The number of imidazole rings is 1. The number of nitrogens with one attached hydrogen (secondary N) is 1. The molecular formula is C21H21F3N6O4. The van der Waals surface area contributed by atoms with Crippen molar-refractivity contribution in [3.05, 3.63) is 47.9 Å². The van der Waals surface area contributed by atoms with Gasteiger partial charge in [-0.05, 0) is 43.9 Å². The maximum atomic E-state index is 12.6. The number of carbonyl (C=O) groups is 2. The average molecular weight is 478 g/mol. The number of carbonyl (C=O) groups excluding carboxylic acids is 2. The molecule has 0 spiro atoms. The van der Waals surface area contributed by atoms with Gasteiger partial charge in [-0.25, -0.2) is 14.5 Å². The molecule has 1 aliphatic carbocycles. The van der Waals surface area contributed by atoms with E-state index in [1.807, 2.05) is 0 Å². The summed E-state index contributed by atoms with van der Waals surface area (Å²) in [5.41, 5.74) is 5.94. The molecule has 0 unspecified atom stereocenters. The van der Waals surface area contributed by atoms with Gasteiger partial charge in [0.15, 0.2) is 12.3 Å². The Hall–Kier alpha value is -3.90. The Morgan fingerprint density at radius 2 is 1.94 bits per heavy atom. The smallest absolute Gasteiger partial charge is 0.422 e. The van der Waals surface area contributed by atoms with Crippen LogP contribution in [0.15, 0.2) is 36.7 Å². The number of fused-ring (bicyclic) bond motifs is 1. The number of hydrogen-bond acceptors (Lipinski definition) is 7. The summed E-state index contributed by atoms with van der Waals surface area (Å²) in [6.07, 6.45) is 0.721. The number of halogens is 3. The fourth-order valence-electron chi connectivity index (χ4n) is 3.62. The summed E-state index contributed by atoms with van der Waals surface area (Å²) in [5, 5.41) is 6.80. The molecule has 0 atom stereocenters. The predicted molar refractivity (Wildman–Crippen MR) is 111 cm³/mol. The molecule has 4 rings (SSSR count). The first kappa shape index (κ1) is 23.3. The van der Waals surface area contributed by atoms with Gasteiger partial charge in [0.25, 0.3) is 11.8 Å². The highest BCUT2D eigenvalue weighted by molar-refractivity contribution is 5.95. The lowest BCUT2D eigenvalue weighted by Gasteiger charge is -2.29. The molecule has 180 valence electrons. The van der Waals surface area contributed by atoms with Gasteiger partial charge in [-0.1, -0.05) is 0 Å². The van der Waals surface area contributed by atoms with E-state index >= 15 is 0 Å². The number of amides is 2. The van der Waals surface area contributed by atoms with Gasteiger partial charge >= 0.3 is 6.18 Å². The molecule has 0 radical (unpaired) electrons. The Morgan fingerprint density at radius 3 is 2.65 bits per heavy atom. The van der Waals surface area contributed by atoms with Crippen molar-refractivity contribution in [1.29, 1.82) is 0 Å². The van der Waals surface area contributed by atoms with Crippen molar-refractivity contribution in [2.75, 3.05) is 6.61 Å². The number of nitrogens with zero attached hydrogens (tertiary/aromatic N) is 4. The molecular weight excluding hydrogens is 457 g/mol. The number of ether oxygens (including phenoxy) is 2. The molecule has 10 nitrogen and oxygen atoms in total. The Kier molecular flexibility index (Phi) is 6.52. The first-order valence-corrected chi connectivity index (χ1v) is 10.5. The van der Waals surface area contributed by atoms with Crippen molar-refractivity contribution < 1.29 is 32.2 Å². The second kappa shape index (κ2) is 9.53. The third-order valence-corrected chi connectivity index (χ3v) is 5.24. The van der Waals surface area contributed by atoms with Crippen LogP contribution in [0.2, 0.25) is 0 Å². The van der Waals surface area contributed by atoms with Crippen molar-refractivity contribution in [2.24, 2.45) is 5.73 Å². The Morgan fingerprint density at radius 1 is 1.18 bits per heavy atom. The van der Waals surface area contributed by atoms with Gasteiger partial charge in [0.05, 0.1) is 6.20 Å². The van der Waals surface area contributed by atoms with Gasteiger partial charge in [0.1, 0.15) is 17.4 Å². The molecule has 34 heavy (non-hydrogen) atoms. The topological polar surface area (TPSA) is 134 Å². The van der Waals surface area contributed by atoms with Crippen LogP contribution in [0.4, 0.5) is 13.2 Å². The van der Waals surface area contributed by atoms with Crippen LogP contribution in [-0.2, 0) is 0 Å². The predicted octanol–water partition coefficient (Wildman–Crippen LogP) is 2.28. The van der Waals surface area contributed by atoms with Crippen LogP contribution in [0, 0.1) is 0 Å². The third-order valence-electron chi connectivity index (χ3n) is 5.24. The second-order valence-corrected chi connectivity index (χ2v) is 7.79. The quantitative estimate of drug-likeness (QED) is 0.532. The van der Waals surface area contributed by atoms with E-state index in [9.17, 15) is 22.8 Å². The number of primary amides is 1. The summed E-state index contributed by atoms with van der Waals surface area (Å²) in [5.74, 6) is -1.09. The van der Waals surface area contributed by atoms with E-state index in [2.05, 4.69) is 25.1 Å². The van der Waals surface area contributed by atoms with E-state index < -0.39 is 24.6 Å². The molecule has 3 aromatic rings. The number of rotatable bonds is 7. The summed E-state index contributed by atoms with van der Waals surface area (Å²) < 4.78 is 48.6. The SMILES string of the molecule is NC(=O)c1cccnc1OC1CCC(NC(=O)c2cn3nc(OCC(F)(F)F)ccc3n2)CC1. The lowest BCUT2D eigenvalue weighted by Crippen LogP contribution is -2.40. The molecule has 1 fully saturated rings. The molecule has 13 heteroatoms. The summed E-state index contributed by atoms with van der Waals surface area (Å²) in [6, 6.07) is 5.70. The zero-order chi connectivity index (χ0) is 24.3. The number of alkyl halides is 3. The lowest BCUT2D eigenvalue weighted by molar-refractivity contribution is -0.154. The average Bonchev–Trinajstić information content (AvgIpc) is 3.22. The highest BCUT2D eigenvalue weighted by Crippen LogP contribution is 2.25. The van der Waals surface area contributed by atoms with E-state index in [-0.39, 0.29) is 35.2 Å².